The van der Waals surface area contributed by atoms with Crippen LogP contribution in [0.2, 0.25) is 0 Å². The molecule has 1 heterocycles. The van der Waals surface area contributed by atoms with Crippen LogP contribution in [0.3, 0.4) is 0 Å². The molecular formula is C19H28N2O3. The van der Waals surface area contributed by atoms with Gasteiger partial charge in [0.2, 0.25) is 0 Å². The lowest BCUT2D eigenvalue weighted by Gasteiger charge is -2.36. The number of aryl methyl sites for hydroxylation is 1. The lowest BCUT2D eigenvalue weighted by Crippen LogP contribution is -2.50. The zero-order chi connectivity index (χ0) is 16.9. The van der Waals surface area contributed by atoms with Crippen LogP contribution in [0.4, 0.5) is 4.79 Å². The molecule has 5 nitrogen and oxygen atoms in total. The molecule has 132 valence electrons. The van der Waals surface area contributed by atoms with E-state index < -0.39 is 0 Å². The Kier molecular flexibility index (Phi) is 5.74. The second kappa shape index (κ2) is 7.99. The highest BCUT2D eigenvalue weighted by atomic mass is 16.5. The van der Waals surface area contributed by atoms with Crippen molar-refractivity contribution in [2.75, 3.05) is 19.8 Å². The van der Waals surface area contributed by atoms with Crippen LogP contribution in [0.1, 0.15) is 49.8 Å². The summed E-state index contributed by atoms with van der Waals surface area (Å²) in [6.07, 6.45) is 5.22. The Morgan fingerprint density at radius 1 is 1.38 bits per heavy atom. The van der Waals surface area contributed by atoms with E-state index in [1.165, 1.54) is 11.1 Å². The van der Waals surface area contributed by atoms with E-state index in [2.05, 4.69) is 23.5 Å². The number of amides is 2. The lowest BCUT2D eigenvalue weighted by atomic mass is 9.87. The van der Waals surface area contributed by atoms with Crippen molar-refractivity contribution >= 4 is 6.03 Å². The van der Waals surface area contributed by atoms with Crippen molar-refractivity contribution in [3.8, 4) is 0 Å². The number of urea groups is 1. The fourth-order valence-corrected chi connectivity index (χ4v) is 3.93. The number of benzene rings is 1. The van der Waals surface area contributed by atoms with E-state index in [-0.39, 0.29) is 30.8 Å². The Morgan fingerprint density at radius 2 is 2.21 bits per heavy atom. The number of nitrogens with one attached hydrogen (secondary N) is 1. The van der Waals surface area contributed by atoms with Gasteiger partial charge in [0.15, 0.2) is 0 Å². The van der Waals surface area contributed by atoms with Crippen LogP contribution < -0.4 is 5.32 Å². The van der Waals surface area contributed by atoms with Crippen LogP contribution in [-0.4, -0.2) is 47.9 Å². The molecular weight excluding hydrogens is 304 g/mol. The van der Waals surface area contributed by atoms with Crippen molar-refractivity contribution < 1.29 is 14.6 Å². The first-order valence-electron chi connectivity index (χ1n) is 9.08. The van der Waals surface area contributed by atoms with Crippen LogP contribution >= 0.6 is 0 Å². The van der Waals surface area contributed by atoms with E-state index in [9.17, 15) is 9.90 Å². The standard InChI is InChI=1S/C19H28N2O3/c1-14(18-10-5-13-24-18)20-19(23)21(11-12-22)17-9-4-7-15-6-2-3-8-16(15)17/h2-3,6,8,14,17-18,22H,4-5,7,9-13H2,1H3,(H,20,23)/t14-,17-,18+/m0/s1. The number of carbonyl (C=O) groups excluding carboxylic acids is 1. The van der Waals surface area contributed by atoms with Crippen LogP contribution in [0.25, 0.3) is 0 Å². The van der Waals surface area contributed by atoms with Gasteiger partial charge in [-0.3, -0.25) is 0 Å². The molecule has 0 radical (unpaired) electrons. The quantitative estimate of drug-likeness (QED) is 0.871. The maximum absolute atomic E-state index is 12.9. The first-order chi connectivity index (χ1) is 11.7. The number of carbonyl (C=O) groups is 1. The number of aliphatic hydroxyl groups is 1. The summed E-state index contributed by atoms with van der Waals surface area (Å²) in [6, 6.07) is 8.26. The average molecular weight is 332 g/mol. The normalized spacial score (nSPS) is 24.2. The fourth-order valence-electron chi connectivity index (χ4n) is 3.93. The summed E-state index contributed by atoms with van der Waals surface area (Å²) in [7, 11) is 0. The Morgan fingerprint density at radius 3 is 2.96 bits per heavy atom. The molecule has 0 bridgehead atoms. The van der Waals surface area contributed by atoms with Crippen LogP contribution in [0.5, 0.6) is 0 Å². The largest absolute Gasteiger partial charge is 0.395 e. The minimum Gasteiger partial charge on any atom is -0.395 e. The zero-order valence-corrected chi connectivity index (χ0v) is 14.4. The molecule has 1 aliphatic carbocycles. The summed E-state index contributed by atoms with van der Waals surface area (Å²) >= 11 is 0. The molecule has 3 atom stereocenters. The van der Waals surface area contributed by atoms with Gasteiger partial charge < -0.3 is 20.1 Å². The van der Waals surface area contributed by atoms with Crippen LogP contribution in [-0.2, 0) is 11.2 Å². The summed E-state index contributed by atoms with van der Waals surface area (Å²) in [5.41, 5.74) is 2.54. The first kappa shape index (κ1) is 17.2. The number of hydrogen-bond acceptors (Lipinski definition) is 3. The van der Waals surface area contributed by atoms with Crippen molar-refractivity contribution in [2.24, 2.45) is 0 Å². The van der Waals surface area contributed by atoms with Gasteiger partial charge in [0, 0.05) is 13.2 Å². The average Bonchev–Trinajstić information content (AvgIpc) is 3.14. The molecule has 0 saturated carbocycles. The minimum absolute atomic E-state index is 0.0139. The highest BCUT2D eigenvalue weighted by Gasteiger charge is 2.31. The maximum atomic E-state index is 12.9. The predicted molar refractivity (Wildman–Crippen MR) is 92.9 cm³/mol. The Balaban J connectivity index is 1.73. The molecule has 2 N–H and O–H groups in total. The number of rotatable bonds is 5. The van der Waals surface area contributed by atoms with E-state index in [0.717, 1.165) is 38.7 Å². The number of hydrogen-bond donors (Lipinski definition) is 2. The Bertz CT molecular complexity index is 557. The van der Waals surface area contributed by atoms with E-state index in [0.29, 0.717) is 6.54 Å². The smallest absolute Gasteiger partial charge is 0.318 e. The first-order valence-corrected chi connectivity index (χ1v) is 9.08. The van der Waals surface area contributed by atoms with Crippen LogP contribution in [0, 0.1) is 0 Å². The van der Waals surface area contributed by atoms with Gasteiger partial charge in [0.25, 0.3) is 0 Å². The third-order valence-corrected chi connectivity index (χ3v) is 5.19. The molecule has 0 unspecified atom stereocenters. The van der Waals surface area contributed by atoms with Gasteiger partial charge in [-0.1, -0.05) is 24.3 Å². The molecule has 5 heteroatoms. The van der Waals surface area contributed by atoms with Crippen molar-refractivity contribution in [3.05, 3.63) is 35.4 Å². The molecule has 3 rings (SSSR count). The van der Waals surface area contributed by atoms with Crippen molar-refractivity contribution in [1.29, 1.82) is 0 Å². The summed E-state index contributed by atoms with van der Waals surface area (Å²) < 4.78 is 5.67. The highest BCUT2D eigenvalue weighted by molar-refractivity contribution is 5.75. The number of nitrogens with zero attached hydrogens (tertiary/aromatic N) is 1. The van der Waals surface area contributed by atoms with Gasteiger partial charge in [0.1, 0.15) is 0 Å². The molecule has 24 heavy (non-hydrogen) atoms. The maximum Gasteiger partial charge on any atom is 0.318 e. The monoisotopic (exact) mass is 332 g/mol. The summed E-state index contributed by atoms with van der Waals surface area (Å²) in [4.78, 5) is 14.7. The van der Waals surface area contributed by atoms with E-state index in [1.54, 1.807) is 4.90 Å². The molecule has 1 fully saturated rings. The van der Waals surface area contributed by atoms with Crippen molar-refractivity contribution in [1.82, 2.24) is 10.2 Å². The highest BCUT2D eigenvalue weighted by Crippen LogP contribution is 2.34. The van der Waals surface area contributed by atoms with Gasteiger partial charge in [-0.05, 0) is 50.2 Å². The van der Waals surface area contributed by atoms with E-state index in [4.69, 9.17) is 4.74 Å². The van der Waals surface area contributed by atoms with Gasteiger partial charge >= 0.3 is 6.03 Å². The summed E-state index contributed by atoms with van der Waals surface area (Å²) in [6.45, 7) is 3.10. The lowest BCUT2D eigenvalue weighted by molar-refractivity contribution is 0.0798. The number of fused-ring (bicyclic) bond motifs is 1. The predicted octanol–water partition coefficient (Wildman–Crippen LogP) is 2.64. The van der Waals surface area contributed by atoms with E-state index >= 15 is 0 Å². The molecule has 2 aliphatic rings. The molecule has 1 aromatic carbocycles. The van der Waals surface area contributed by atoms with Crippen molar-refractivity contribution in [3.63, 3.8) is 0 Å². The Hall–Kier alpha value is -1.59. The second-order valence-corrected chi connectivity index (χ2v) is 6.81. The molecule has 1 saturated heterocycles. The molecule has 2 amide bonds. The molecule has 0 aromatic heterocycles. The second-order valence-electron chi connectivity index (χ2n) is 6.81. The fraction of sp³-hybridized carbons (Fsp3) is 0.632. The molecule has 0 spiro atoms. The topological polar surface area (TPSA) is 61.8 Å². The SMILES string of the molecule is C[C@H](NC(=O)N(CCO)[C@H]1CCCc2ccccc21)[C@H]1CCCO1. The number of aliphatic hydroxyl groups excluding tert-OH is 1. The van der Waals surface area contributed by atoms with Gasteiger partial charge in [-0.25, -0.2) is 4.79 Å². The minimum atomic E-state index is -0.103. The zero-order valence-electron chi connectivity index (χ0n) is 14.4. The Labute approximate surface area is 144 Å². The van der Waals surface area contributed by atoms with Gasteiger partial charge in [-0.2, -0.15) is 0 Å². The number of ether oxygens (including phenoxy) is 1. The summed E-state index contributed by atoms with van der Waals surface area (Å²) in [5.74, 6) is 0. The third kappa shape index (κ3) is 3.73. The van der Waals surface area contributed by atoms with E-state index in [1.807, 2.05) is 13.0 Å². The van der Waals surface area contributed by atoms with Gasteiger partial charge in [0.05, 0.1) is 24.8 Å². The third-order valence-electron chi connectivity index (χ3n) is 5.19. The molecule has 1 aliphatic heterocycles. The summed E-state index contributed by atoms with van der Waals surface area (Å²) in [5, 5.41) is 12.5. The van der Waals surface area contributed by atoms with Crippen LogP contribution in [0.15, 0.2) is 24.3 Å². The van der Waals surface area contributed by atoms with Crippen molar-refractivity contribution in [2.45, 2.75) is 57.2 Å². The molecule has 1 aromatic rings. The van der Waals surface area contributed by atoms with Gasteiger partial charge in [-0.15, -0.1) is 0 Å².